The summed E-state index contributed by atoms with van der Waals surface area (Å²) in [5.74, 6) is 0.0718. The lowest BCUT2D eigenvalue weighted by atomic mass is 10.1. The summed E-state index contributed by atoms with van der Waals surface area (Å²) >= 11 is 0. The molecule has 0 bridgehead atoms. The molecule has 0 saturated carbocycles. The summed E-state index contributed by atoms with van der Waals surface area (Å²) in [5.41, 5.74) is -0.633. The van der Waals surface area contributed by atoms with Gasteiger partial charge in [0, 0.05) is 32.4 Å². The Labute approximate surface area is 134 Å². The predicted octanol–water partition coefficient (Wildman–Crippen LogP) is 2.77. The van der Waals surface area contributed by atoms with Gasteiger partial charge in [0.25, 0.3) is 0 Å². The number of aliphatic hydroxyl groups is 1. The van der Waals surface area contributed by atoms with Crippen molar-refractivity contribution in [3.05, 3.63) is 23.9 Å². The summed E-state index contributed by atoms with van der Waals surface area (Å²) in [4.78, 5) is 7.77. The molecule has 3 heterocycles. The highest BCUT2D eigenvalue weighted by atomic mass is 19.4. The van der Waals surface area contributed by atoms with Crippen molar-refractivity contribution in [3.63, 3.8) is 0 Å². The van der Waals surface area contributed by atoms with Gasteiger partial charge in [-0.3, -0.25) is 0 Å². The molecule has 2 aliphatic rings. The van der Waals surface area contributed by atoms with Gasteiger partial charge in [0.05, 0.1) is 11.7 Å². The molecular formula is C16H24F3N3O. The molecule has 0 amide bonds. The van der Waals surface area contributed by atoms with Crippen LogP contribution in [-0.2, 0) is 6.18 Å². The maximum Gasteiger partial charge on any atom is 0.419 e. The number of nitrogens with zero attached hydrogens (tertiary/aromatic N) is 3. The number of rotatable bonds is 1. The first-order chi connectivity index (χ1) is 10.9. The Balaban J connectivity index is 0.000000203. The van der Waals surface area contributed by atoms with Gasteiger partial charge in [0.1, 0.15) is 5.82 Å². The zero-order valence-corrected chi connectivity index (χ0v) is 13.4. The fourth-order valence-corrected chi connectivity index (χ4v) is 2.79. The molecular weight excluding hydrogens is 307 g/mol. The van der Waals surface area contributed by atoms with Crippen LogP contribution in [0.25, 0.3) is 0 Å². The maximum absolute atomic E-state index is 12.6. The fraction of sp³-hybridized carbons (Fsp3) is 0.688. The van der Waals surface area contributed by atoms with Crippen molar-refractivity contribution in [1.29, 1.82) is 0 Å². The number of pyridine rings is 1. The average molecular weight is 331 g/mol. The van der Waals surface area contributed by atoms with Crippen molar-refractivity contribution < 1.29 is 18.3 Å². The second-order valence-electron chi connectivity index (χ2n) is 6.10. The van der Waals surface area contributed by atoms with Crippen LogP contribution in [-0.4, -0.2) is 54.3 Å². The Morgan fingerprint density at radius 3 is 2.26 bits per heavy atom. The molecule has 0 aromatic carbocycles. The van der Waals surface area contributed by atoms with Gasteiger partial charge in [-0.2, -0.15) is 13.2 Å². The molecule has 0 unspecified atom stereocenters. The molecule has 4 nitrogen and oxygen atoms in total. The minimum absolute atomic E-state index is 0.0220. The molecule has 1 aromatic heterocycles. The summed E-state index contributed by atoms with van der Waals surface area (Å²) in [6.45, 7) is 3.45. The van der Waals surface area contributed by atoms with Crippen LogP contribution in [0.15, 0.2) is 18.3 Å². The normalized spacial score (nSPS) is 20.3. The van der Waals surface area contributed by atoms with Gasteiger partial charge in [0.2, 0.25) is 0 Å². The molecule has 23 heavy (non-hydrogen) atoms. The molecule has 0 radical (unpaired) electrons. The van der Waals surface area contributed by atoms with E-state index in [0.717, 1.165) is 44.8 Å². The van der Waals surface area contributed by atoms with Crippen molar-refractivity contribution in [2.24, 2.45) is 0 Å². The Hall–Kier alpha value is -1.34. The lowest BCUT2D eigenvalue weighted by Gasteiger charge is -2.25. The highest BCUT2D eigenvalue weighted by Gasteiger charge is 2.35. The van der Waals surface area contributed by atoms with Crippen LogP contribution in [0.1, 0.15) is 31.2 Å². The molecule has 7 heteroatoms. The molecule has 3 rings (SSSR count). The molecule has 130 valence electrons. The van der Waals surface area contributed by atoms with Gasteiger partial charge >= 0.3 is 6.18 Å². The van der Waals surface area contributed by atoms with E-state index in [1.54, 1.807) is 4.90 Å². The quantitative estimate of drug-likeness (QED) is 0.859. The molecule has 0 aliphatic carbocycles. The summed E-state index contributed by atoms with van der Waals surface area (Å²) in [6.07, 6.45) is 0.857. The molecule has 0 spiro atoms. The van der Waals surface area contributed by atoms with Crippen LogP contribution in [0, 0.1) is 0 Å². The van der Waals surface area contributed by atoms with Gasteiger partial charge in [-0.15, -0.1) is 0 Å². The SMILES string of the molecule is CN1CCC(O)CC1.FC(F)(F)c1cccnc1N1CCCC1. The van der Waals surface area contributed by atoms with E-state index in [0.29, 0.717) is 13.1 Å². The minimum Gasteiger partial charge on any atom is -0.393 e. The number of alkyl halides is 3. The van der Waals surface area contributed by atoms with Crippen molar-refractivity contribution in [2.45, 2.75) is 38.0 Å². The largest absolute Gasteiger partial charge is 0.419 e. The number of halogens is 3. The predicted molar refractivity (Wildman–Crippen MR) is 83.4 cm³/mol. The smallest absolute Gasteiger partial charge is 0.393 e. The van der Waals surface area contributed by atoms with Crippen molar-refractivity contribution in [1.82, 2.24) is 9.88 Å². The zero-order valence-electron chi connectivity index (χ0n) is 13.4. The summed E-state index contributed by atoms with van der Waals surface area (Å²) in [5, 5.41) is 9.00. The zero-order chi connectivity index (χ0) is 16.9. The van der Waals surface area contributed by atoms with E-state index in [4.69, 9.17) is 5.11 Å². The van der Waals surface area contributed by atoms with Gasteiger partial charge in [-0.05, 0) is 44.9 Å². The Morgan fingerprint density at radius 2 is 1.74 bits per heavy atom. The molecule has 1 aromatic rings. The standard InChI is InChI=1S/C10H11F3N2.C6H13NO/c11-10(12,13)8-4-3-5-14-9(8)15-6-1-2-7-15;1-7-4-2-6(8)3-5-7/h3-5H,1-2,6-7H2;6,8H,2-5H2,1H3. The third kappa shape index (κ3) is 5.35. The molecule has 1 N–H and O–H groups in total. The highest BCUT2D eigenvalue weighted by Crippen LogP contribution is 2.35. The molecule has 2 fully saturated rings. The van der Waals surface area contributed by atoms with E-state index in [9.17, 15) is 13.2 Å². The van der Waals surface area contributed by atoms with Gasteiger partial charge < -0.3 is 14.9 Å². The number of aliphatic hydroxyl groups excluding tert-OH is 1. The Morgan fingerprint density at radius 1 is 1.13 bits per heavy atom. The number of piperidine rings is 1. The summed E-state index contributed by atoms with van der Waals surface area (Å²) in [6, 6.07) is 2.41. The minimum atomic E-state index is -4.31. The van der Waals surface area contributed by atoms with Crippen molar-refractivity contribution in [3.8, 4) is 0 Å². The number of anilines is 1. The first kappa shape index (κ1) is 18.0. The second-order valence-corrected chi connectivity index (χ2v) is 6.10. The number of hydrogen-bond acceptors (Lipinski definition) is 4. The lowest BCUT2D eigenvalue weighted by molar-refractivity contribution is -0.137. The Kier molecular flexibility index (Phi) is 6.24. The van der Waals surface area contributed by atoms with Crippen LogP contribution >= 0.6 is 0 Å². The van der Waals surface area contributed by atoms with E-state index in [1.807, 2.05) is 0 Å². The molecule has 0 atom stereocenters. The molecule has 2 saturated heterocycles. The van der Waals surface area contributed by atoms with E-state index in [2.05, 4.69) is 16.9 Å². The van der Waals surface area contributed by atoms with E-state index in [-0.39, 0.29) is 11.9 Å². The summed E-state index contributed by atoms with van der Waals surface area (Å²) in [7, 11) is 2.09. The summed E-state index contributed by atoms with van der Waals surface area (Å²) < 4.78 is 37.9. The maximum atomic E-state index is 12.6. The average Bonchev–Trinajstić information content (AvgIpc) is 3.04. The van der Waals surface area contributed by atoms with Crippen molar-refractivity contribution in [2.75, 3.05) is 38.1 Å². The van der Waals surface area contributed by atoms with E-state index < -0.39 is 11.7 Å². The monoisotopic (exact) mass is 331 g/mol. The van der Waals surface area contributed by atoms with Gasteiger partial charge in [-0.1, -0.05) is 0 Å². The first-order valence-electron chi connectivity index (χ1n) is 8.01. The third-order valence-electron chi connectivity index (χ3n) is 4.19. The topological polar surface area (TPSA) is 39.6 Å². The lowest BCUT2D eigenvalue weighted by Crippen LogP contribution is -2.32. The van der Waals surface area contributed by atoms with Crippen LogP contribution in [0.3, 0.4) is 0 Å². The van der Waals surface area contributed by atoms with Crippen LogP contribution < -0.4 is 4.90 Å². The fourth-order valence-electron chi connectivity index (χ4n) is 2.79. The van der Waals surface area contributed by atoms with Crippen LogP contribution in [0.2, 0.25) is 0 Å². The third-order valence-corrected chi connectivity index (χ3v) is 4.19. The van der Waals surface area contributed by atoms with Crippen LogP contribution in [0.4, 0.5) is 19.0 Å². The van der Waals surface area contributed by atoms with E-state index >= 15 is 0 Å². The first-order valence-corrected chi connectivity index (χ1v) is 8.01. The highest BCUT2D eigenvalue weighted by molar-refractivity contribution is 5.48. The number of aromatic nitrogens is 1. The van der Waals surface area contributed by atoms with E-state index in [1.165, 1.54) is 12.3 Å². The van der Waals surface area contributed by atoms with Crippen molar-refractivity contribution >= 4 is 5.82 Å². The van der Waals surface area contributed by atoms with Gasteiger partial charge in [0.15, 0.2) is 0 Å². The second kappa shape index (κ2) is 7.97. The van der Waals surface area contributed by atoms with Crippen LogP contribution in [0.5, 0.6) is 0 Å². The molecule has 2 aliphatic heterocycles. The number of hydrogen-bond donors (Lipinski definition) is 1. The Bertz CT molecular complexity index is 472. The van der Waals surface area contributed by atoms with Gasteiger partial charge in [-0.25, -0.2) is 4.98 Å². The number of likely N-dealkylation sites (tertiary alicyclic amines) is 1.